The lowest BCUT2D eigenvalue weighted by Gasteiger charge is -2.09. The Balaban J connectivity index is 1.50. The van der Waals surface area contributed by atoms with Crippen LogP contribution in [0.5, 0.6) is 0 Å². The van der Waals surface area contributed by atoms with Crippen molar-refractivity contribution in [2.24, 2.45) is 5.10 Å². The van der Waals surface area contributed by atoms with Crippen LogP contribution in [-0.2, 0) is 4.79 Å². The van der Waals surface area contributed by atoms with Crippen molar-refractivity contribution in [2.75, 3.05) is 10.6 Å². The molecule has 0 bridgehead atoms. The van der Waals surface area contributed by atoms with E-state index in [2.05, 4.69) is 21.2 Å². The first-order valence-corrected chi connectivity index (χ1v) is 10.2. The summed E-state index contributed by atoms with van der Waals surface area (Å²) >= 11 is 11.8. The van der Waals surface area contributed by atoms with Gasteiger partial charge in [-0.05, 0) is 61.5 Å². The number of rotatable bonds is 7. The molecule has 3 rings (SSSR count). The van der Waals surface area contributed by atoms with Gasteiger partial charge < -0.3 is 10.6 Å². The van der Waals surface area contributed by atoms with Crippen molar-refractivity contribution < 1.29 is 9.59 Å². The standard InChI is InChI=1S/C23H20Cl2N4O2/c1-15(28-29-23(31)20-12-7-16(24)14-21(20)25)13-22(30)27-19-10-8-18(9-11-19)26-17-5-3-2-4-6-17/h2-12,14,26H,13H2,1H3,(H,27,30)(H,29,31). The fourth-order valence-electron chi connectivity index (χ4n) is 2.68. The van der Waals surface area contributed by atoms with Gasteiger partial charge in [-0.2, -0.15) is 5.10 Å². The van der Waals surface area contributed by atoms with E-state index in [9.17, 15) is 9.59 Å². The molecule has 0 aliphatic heterocycles. The average Bonchev–Trinajstić information content (AvgIpc) is 2.74. The molecule has 8 heteroatoms. The molecule has 0 saturated heterocycles. The molecular weight excluding hydrogens is 435 g/mol. The van der Waals surface area contributed by atoms with Crippen LogP contribution >= 0.6 is 23.2 Å². The number of benzene rings is 3. The summed E-state index contributed by atoms with van der Waals surface area (Å²) in [5.74, 6) is -0.730. The van der Waals surface area contributed by atoms with Gasteiger partial charge in [-0.15, -0.1) is 0 Å². The summed E-state index contributed by atoms with van der Waals surface area (Å²) in [7, 11) is 0. The first-order valence-electron chi connectivity index (χ1n) is 9.41. The zero-order valence-electron chi connectivity index (χ0n) is 16.7. The minimum atomic E-state index is -0.483. The average molecular weight is 455 g/mol. The van der Waals surface area contributed by atoms with Crippen LogP contribution in [-0.4, -0.2) is 17.5 Å². The Kier molecular flexibility index (Phi) is 7.65. The Morgan fingerprint density at radius 2 is 1.52 bits per heavy atom. The van der Waals surface area contributed by atoms with E-state index in [1.165, 1.54) is 12.1 Å². The maximum atomic E-state index is 12.2. The number of carbonyl (C=O) groups is 2. The highest BCUT2D eigenvalue weighted by molar-refractivity contribution is 6.36. The van der Waals surface area contributed by atoms with E-state index in [4.69, 9.17) is 23.2 Å². The molecule has 6 nitrogen and oxygen atoms in total. The number of amides is 2. The molecule has 0 spiro atoms. The fraction of sp³-hybridized carbons (Fsp3) is 0.0870. The molecule has 0 fully saturated rings. The summed E-state index contributed by atoms with van der Waals surface area (Å²) in [6.45, 7) is 1.65. The van der Waals surface area contributed by atoms with Crippen molar-refractivity contribution in [3.8, 4) is 0 Å². The molecule has 0 unspecified atom stereocenters. The lowest BCUT2D eigenvalue weighted by Crippen LogP contribution is -2.21. The SMILES string of the molecule is CC(CC(=O)Nc1ccc(Nc2ccccc2)cc1)=NNC(=O)c1ccc(Cl)cc1Cl. The maximum Gasteiger partial charge on any atom is 0.272 e. The molecular formula is C23H20Cl2N4O2. The zero-order chi connectivity index (χ0) is 22.2. The lowest BCUT2D eigenvalue weighted by atomic mass is 10.2. The van der Waals surface area contributed by atoms with Crippen LogP contribution in [0.2, 0.25) is 10.0 Å². The molecule has 31 heavy (non-hydrogen) atoms. The number of anilines is 3. The Morgan fingerprint density at radius 3 is 2.19 bits per heavy atom. The molecule has 0 aliphatic rings. The smallest absolute Gasteiger partial charge is 0.272 e. The monoisotopic (exact) mass is 454 g/mol. The van der Waals surface area contributed by atoms with Gasteiger partial charge in [-0.3, -0.25) is 9.59 Å². The summed E-state index contributed by atoms with van der Waals surface area (Å²) < 4.78 is 0. The summed E-state index contributed by atoms with van der Waals surface area (Å²) in [6.07, 6.45) is 0.0264. The predicted octanol–water partition coefficient (Wildman–Crippen LogP) is 5.87. The Morgan fingerprint density at radius 1 is 0.871 bits per heavy atom. The molecule has 0 aliphatic carbocycles. The predicted molar refractivity (Wildman–Crippen MR) is 126 cm³/mol. The second-order valence-electron chi connectivity index (χ2n) is 6.71. The van der Waals surface area contributed by atoms with Gasteiger partial charge in [0, 0.05) is 27.8 Å². The van der Waals surface area contributed by atoms with E-state index >= 15 is 0 Å². The fourth-order valence-corrected chi connectivity index (χ4v) is 3.18. The third-order valence-corrected chi connectivity index (χ3v) is 4.72. The summed E-state index contributed by atoms with van der Waals surface area (Å²) in [5.41, 5.74) is 5.63. The number of hydrogen-bond acceptors (Lipinski definition) is 4. The molecule has 2 amide bonds. The van der Waals surface area contributed by atoms with Crippen LogP contribution in [0, 0.1) is 0 Å². The quantitative estimate of drug-likeness (QED) is 0.308. The largest absolute Gasteiger partial charge is 0.356 e. The van der Waals surface area contributed by atoms with Gasteiger partial charge in [-0.1, -0.05) is 41.4 Å². The maximum absolute atomic E-state index is 12.2. The van der Waals surface area contributed by atoms with E-state index in [0.29, 0.717) is 16.4 Å². The molecule has 0 heterocycles. The number of hydrogen-bond donors (Lipinski definition) is 3. The van der Waals surface area contributed by atoms with Gasteiger partial charge in [0.15, 0.2) is 0 Å². The summed E-state index contributed by atoms with van der Waals surface area (Å²) in [4.78, 5) is 24.4. The summed E-state index contributed by atoms with van der Waals surface area (Å²) in [5, 5.41) is 10.7. The second-order valence-corrected chi connectivity index (χ2v) is 7.55. The van der Waals surface area contributed by atoms with Crippen LogP contribution in [0.4, 0.5) is 17.1 Å². The van der Waals surface area contributed by atoms with Gasteiger partial charge in [0.2, 0.25) is 5.91 Å². The van der Waals surface area contributed by atoms with E-state index in [0.717, 1.165) is 11.4 Å². The molecule has 0 saturated carbocycles. The molecule has 0 atom stereocenters. The van der Waals surface area contributed by atoms with Crippen LogP contribution in [0.3, 0.4) is 0 Å². The normalized spacial score (nSPS) is 11.0. The number of hydrazone groups is 1. The van der Waals surface area contributed by atoms with Crippen LogP contribution in [0.1, 0.15) is 23.7 Å². The van der Waals surface area contributed by atoms with E-state index < -0.39 is 5.91 Å². The highest BCUT2D eigenvalue weighted by Crippen LogP contribution is 2.21. The number of para-hydroxylation sites is 1. The van der Waals surface area contributed by atoms with Gasteiger partial charge >= 0.3 is 0 Å². The molecule has 0 aromatic heterocycles. The molecule has 158 valence electrons. The third kappa shape index (κ3) is 6.84. The summed E-state index contributed by atoms with van der Waals surface area (Å²) in [6, 6.07) is 21.7. The minimum Gasteiger partial charge on any atom is -0.356 e. The van der Waals surface area contributed by atoms with E-state index in [-0.39, 0.29) is 22.9 Å². The number of carbonyl (C=O) groups excluding carboxylic acids is 2. The van der Waals surface area contributed by atoms with Crippen LogP contribution < -0.4 is 16.1 Å². The Bertz CT molecular complexity index is 1100. The Labute approximate surface area is 190 Å². The van der Waals surface area contributed by atoms with Crippen molar-refractivity contribution in [2.45, 2.75) is 13.3 Å². The van der Waals surface area contributed by atoms with Gasteiger partial charge in [0.1, 0.15) is 0 Å². The first-order chi connectivity index (χ1) is 14.9. The van der Waals surface area contributed by atoms with Gasteiger partial charge in [-0.25, -0.2) is 5.43 Å². The van der Waals surface area contributed by atoms with Gasteiger partial charge in [0.25, 0.3) is 5.91 Å². The molecule has 0 radical (unpaired) electrons. The van der Waals surface area contributed by atoms with Crippen molar-refractivity contribution >= 4 is 57.8 Å². The van der Waals surface area contributed by atoms with E-state index in [1.807, 2.05) is 42.5 Å². The first kappa shape index (κ1) is 22.3. The van der Waals surface area contributed by atoms with Crippen molar-refractivity contribution in [3.05, 3.63) is 88.4 Å². The number of nitrogens with one attached hydrogen (secondary N) is 3. The van der Waals surface area contributed by atoms with Crippen LogP contribution in [0.25, 0.3) is 0 Å². The van der Waals surface area contributed by atoms with Crippen molar-refractivity contribution in [3.63, 3.8) is 0 Å². The highest BCUT2D eigenvalue weighted by Gasteiger charge is 2.11. The third-order valence-electron chi connectivity index (χ3n) is 4.17. The highest BCUT2D eigenvalue weighted by atomic mass is 35.5. The van der Waals surface area contributed by atoms with Gasteiger partial charge in [0.05, 0.1) is 17.0 Å². The van der Waals surface area contributed by atoms with Crippen LogP contribution in [0.15, 0.2) is 77.9 Å². The molecule has 3 aromatic carbocycles. The number of halogens is 2. The Hall–Kier alpha value is -3.35. The van der Waals surface area contributed by atoms with Crippen molar-refractivity contribution in [1.29, 1.82) is 0 Å². The second kappa shape index (κ2) is 10.6. The molecule has 3 N–H and O–H groups in total. The zero-order valence-corrected chi connectivity index (χ0v) is 18.2. The minimum absolute atomic E-state index is 0.0264. The molecule has 3 aromatic rings. The topological polar surface area (TPSA) is 82.6 Å². The lowest BCUT2D eigenvalue weighted by molar-refractivity contribution is -0.115. The van der Waals surface area contributed by atoms with E-state index in [1.54, 1.807) is 25.1 Å². The van der Waals surface area contributed by atoms with Crippen molar-refractivity contribution in [1.82, 2.24) is 5.43 Å². The number of nitrogens with zero attached hydrogens (tertiary/aromatic N) is 1.